The number of hydrogen-bond acceptors (Lipinski definition) is 4. The van der Waals surface area contributed by atoms with Crippen LogP contribution in [-0.2, 0) is 6.42 Å². The van der Waals surface area contributed by atoms with E-state index in [1.54, 1.807) is 25.3 Å². The molecule has 5 nitrogen and oxygen atoms in total. The fourth-order valence-corrected chi connectivity index (χ4v) is 2.63. The van der Waals surface area contributed by atoms with Crippen LogP contribution in [0.3, 0.4) is 0 Å². The number of pyridine rings is 1. The number of fused-ring (bicyclic) bond motifs is 1. The molecule has 1 atom stereocenters. The number of carbonyl (C=O) groups excluding carboxylic acids is 1. The molecule has 1 amide bonds. The van der Waals surface area contributed by atoms with E-state index in [1.807, 2.05) is 12.1 Å². The summed E-state index contributed by atoms with van der Waals surface area (Å²) in [6.45, 7) is 2.74. The summed E-state index contributed by atoms with van der Waals surface area (Å²) in [4.78, 5) is 18.6. The molecule has 1 aliphatic rings. The Balaban J connectivity index is 1.82. The first-order valence-electron chi connectivity index (χ1n) is 7.43. The van der Waals surface area contributed by atoms with Crippen LogP contribution in [0.1, 0.15) is 22.8 Å². The molecule has 22 heavy (non-hydrogen) atoms. The van der Waals surface area contributed by atoms with E-state index >= 15 is 0 Å². The molecule has 2 aromatic rings. The smallest absolute Gasteiger partial charge is 0.251 e. The van der Waals surface area contributed by atoms with Gasteiger partial charge in [-0.2, -0.15) is 0 Å². The highest BCUT2D eigenvalue weighted by Crippen LogP contribution is 2.33. The predicted octanol–water partition coefficient (Wildman–Crippen LogP) is 1.89. The molecular formula is C17H19N3O2. The lowest BCUT2D eigenvalue weighted by atomic mass is 10.2. The van der Waals surface area contributed by atoms with E-state index in [4.69, 9.17) is 0 Å². The van der Waals surface area contributed by atoms with Crippen molar-refractivity contribution in [2.45, 2.75) is 19.4 Å². The Labute approximate surface area is 129 Å². The van der Waals surface area contributed by atoms with Crippen LogP contribution in [0.2, 0.25) is 0 Å². The molecule has 2 N–H and O–H groups in total. The molecule has 0 aliphatic carbocycles. The van der Waals surface area contributed by atoms with Crippen molar-refractivity contribution in [1.82, 2.24) is 10.3 Å². The maximum absolute atomic E-state index is 12.1. The number of aliphatic hydroxyl groups is 1. The highest BCUT2D eigenvalue weighted by molar-refractivity contribution is 5.95. The molecule has 0 spiro atoms. The highest BCUT2D eigenvalue weighted by Gasteiger charge is 2.21. The average molecular weight is 297 g/mol. The zero-order chi connectivity index (χ0) is 15.5. The molecule has 0 bridgehead atoms. The van der Waals surface area contributed by atoms with Crippen molar-refractivity contribution in [3.05, 3.63) is 53.7 Å². The zero-order valence-electron chi connectivity index (χ0n) is 12.5. The number of hydrogen-bond donors (Lipinski definition) is 2. The van der Waals surface area contributed by atoms with Gasteiger partial charge in [-0.15, -0.1) is 0 Å². The van der Waals surface area contributed by atoms with Gasteiger partial charge in [0.05, 0.1) is 6.10 Å². The number of para-hydroxylation sites is 1. The number of amides is 1. The van der Waals surface area contributed by atoms with Crippen molar-refractivity contribution in [1.29, 1.82) is 0 Å². The topological polar surface area (TPSA) is 65.5 Å². The van der Waals surface area contributed by atoms with Gasteiger partial charge < -0.3 is 15.3 Å². The molecular weight excluding hydrogens is 278 g/mol. The van der Waals surface area contributed by atoms with Crippen molar-refractivity contribution in [2.75, 3.05) is 18.0 Å². The van der Waals surface area contributed by atoms with Gasteiger partial charge >= 0.3 is 0 Å². The van der Waals surface area contributed by atoms with Gasteiger partial charge in [-0.25, -0.2) is 4.98 Å². The molecule has 1 aromatic heterocycles. The van der Waals surface area contributed by atoms with Crippen LogP contribution in [0.15, 0.2) is 42.6 Å². The number of benzene rings is 1. The first kappa shape index (κ1) is 14.5. The second kappa shape index (κ2) is 6.15. The van der Waals surface area contributed by atoms with Crippen LogP contribution in [0.4, 0.5) is 11.5 Å². The fraction of sp³-hybridized carbons (Fsp3) is 0.294. The zero-order valence-corrected chi connectivity index (χ0v) is 12.5. The van der Waals surface area contributed by atoms with E-state index in [2.05, 4.69) is 27.3 Å². The Hall–Kier alpha value is -2.40. The number of carbonyl (C=O) groups is 1. The Morgan fingerprint density at radius 1 is 1.41 bits per heavy atom. The third kappa shape index (κ3) is 2.94. The average Bonchev–Trinajstić information content (AvgIpc) is 2.96. The minimum atomic E-state index is -0.560. The maximum atomic E-state index is 12.1. The van der Waals surface area contributed by atoms with Crippen LogP contribution < -0.4 is 10.2 Å². The summed E-state index contributed by atoms with van der Waals surface area (Å²) in [5.41, 5.74) is 3.00. The molecule has 0 fully saturated rings. The van der Waals surface area contributed by atoms with E-state index in [0.717, 1.165) is 24.5 Å². The molecule has 2 heterocycles. The van der Waals surface area contributed by atoms with Crippen molar-refractivity contribution in [3.63, 3.8) is 0 Å². The number of rotatable bonds is 4. The normalized spacial score (nSPS) is 14.5. The summed E-state index contributed by atoms with van der Waals surface area (Å²) in [5.74, 6) is 0.576. The first-order chi connectivity index (χ1) is 10.6. The van der Waals surface area contributed by atoms with Crippen LogP contribution in [0, 0.1) is 0 Å². The number of aromatic nitrogens is 1. The van der Waals surface area contributed by atoms with Crippen LogP contribution in [-0.4, -0.2) is 35.2 Å². The minimum absolute atomic E-state index is 0.197. The quantitative estimate of drug-likeness (QED) is 0.904. The van der Waals surface area contributed by atoms with Gasteiger partial charge in [-0.1, -0.05) is 18.2 Å². The van der Waals surface area contributed by atoms with Crippen molar-refractivity contribution >= 4 is 17.4 Å². The van der Waals surface area contributed by atoms with E-state index in [9.17, 15) is 9.90 Å². The van der Waals surface area contributed by atoms with E-state index in [0.29, 0.717) is 5.56 Å². The van der Waals surface area contributed by atoms with Gasteiger partial charge in [-0.3, -0.25) is 4.79 Å². The summed E-state index contributed by atoms with van der Waals surface area (Å²) in [7, 11) is 0. The number of aliphatic hydroxyl groups excluding tert-OH is 1. The van der Waals surface area contributed by atoms with Gasteiger partial charge in [-0.05, 0) is 37.1 Å². The molecule has 0 radical (unpaired) electrons. The maximum Gasteiger partial charge on any atom is 0.251 e. The standard InChI is InChI=1S/C17H19N3O2/c1-12(21)11-19-17(22)14-6-8-18-16(10-14)20-9-7-13-4-2-3-5-15(13)20/h2-6,8,10,12,21H,7,9,11H2,1H3,(H,19,22). The van der Waals surface area contributed by atoms with Gasteiger partial charge in [0.15, 0.2) is 0 Å². The molecule has 1 aromatic carbocycles. The van der Waals surface area contributed by atoms with E-state index in [-0.39, 0.29) is 12.5 Å². The minimum Gasteiger partial charge on any atom is -0.392 e. The van der Waals surface area contributed by atoms with Crippen LogP contribution in [0.25, 0.3) is 0 Å². The summed E-state index contributed by atoms with van der Waals surface area (Å²) in [5, 5.41) is 11.9. The van der Waals surface area contributed by atoms with Gasteiger partial charge in [0.25, 0.3) is 5.91 Å². The lowest BCUT2D eigenvalue weighted by Gasteiger charge is -2.18. The molecule has 1 unspecified atom stereocenters. The summed E-state index contributed by atoms with van der Waals surface area (Å²) >= 11 is 0. The third-order valence-electron chi connectivity index (χ3n) is 3.73. The second-order valence-corrected chi connectivity index (χ2v) is 5.49. The first-order valence-corrected chi connectivity index (χ1v) is 7.43. The summed E-state index contributed by atoms with van der Waals surface area (Å²) in [6.07, 6.45) is 2.07. The Kier molecular flexibility index (Phi) is 4.06. The van der Waals surface area contributed by atoms with Gasteiger partial charge in [0, 0.05) is 30.5 Å². The lowest BCUT2D eigenvalue weighted by molar-refractivity contribution is 0.0924. The molecule has 0 saturated heterocycles. The Morgan fingerprint density at radius 3 is 3.05 bits per heavy atom. The Morgan fingerprint density at radius 2 is 2.23 bits per heavy atom. The number of nitrogens with one attached hydrogen (secondary N) is 1. The summed E-state index contributed by atoms with van der Waals surface area (Å²) in [6, 6.07) is 11.7. The van der Waals surface area contributed by atoms with Crippen molar-refractivity contribution in [2.24, 2.45) is 0 Å². The van der Waals surface area contributed by atoms with E-state index < -0.39 is 6.10 Å². The van der Waals surface area contributed by atoms with Crippen LogP contribution >= 0.6 is 0 Å². The highest BCUT2D eigenvalue weighted by atomic mass is 16.3. The van der Waals surface area contributed by atoms with Gasteiger partial charge in [0.1, 0.15) is 5.82 Å². The van der Waals surface area contributed by atoms with Crippen LogP contribution in [0.5, 0.6) is 0 Å². The third-order valence-corrected chi connectivity index (χ3v) is 3.73. The Bertz CT molecular complexity index is 685. The van der Waals surface area contributed by atoms with Crippen molar-refractivity contribution < 1.29 is 9.90 Å². The van der Waals surface area contributed by atoms with E-state index in [1.165, 1.54) is 5.56 Å². The van der Waals surface area contributed by atoms with Crippen molar-refractivity contribution in [3.8, 4) is 0 Å². The molecule has 0 saturated carbocycles. The molecule has 114 valence electrons. The largest absolute Gasteiger partial charge is 0.392 e. The molecule has 3 rings (SSSR count). The molecule has 1 aliphatic heterocycles. The van der Waals surface area contributed by atoms with Gasteiger partial charge in [0.2, 0.25) is 0 Å². The molecule has 5 heteroatoms. The SMILES string of the molecule is CC(O)CNC(=O)c1ccnc(N2CCc3ccccc32)c1. The second-order valence-electron chi connectivity index (χ2n) is 5.49. The predicted molar refractivity (Wildman–Crippen MR) is 85.4 cm³/mol. The number of nitrogens with zero attached hydrogens (tertiary/aromatic N) is 2. The lowest BCUT2D eigenvalue weighted by Crippen LogP contribution is -2.30. The monoisotopic (exact) mass is 297 g/mol. The fourth-order valence-electron chi connectivity index (χ4n) is 2.63. The number of anilines is 2. The summed E-state index contributed by atoms with van der Waals surface area (Å²) < 4.78 is 0.